The molecular weight excluding hydrogens is 284 g/mol. The minimum atomic E-state index is 0.704. The number of aryl methyl sites for hydroxylation is 1. The van der Waals surface area contributed by atoms with E-state index in [9.17, 15) is 0 Å². The van der Waals surface area contributed by atoms with Crippen LogP contribution in [0.4, 0.5) is 0 Å². The van der Waals surface area contributed by atoms with Crippen LogP contribution >= 0.6 is 0 Å². The van der Waals surface area contributed by atoms with Gasteiger partial charge in [-0.3, -0.25) is 0 Å². The van der Waals surface area contributed by atoms with Gasteiger partial charge in [0.2, 0.25) is 0 Å². The Morgan fingerprint density at radius 1 is 0.913 bits per heavy atom. The molecule has 23 heavy (non-hydrogen) atoms. The van der Waals surface area contributed by atoms with Crippen LogP contribution in [0.15, 0.2) is 60.7 Å². The average Bonchev–Trinajstić information content (AvgIpc) is 2.64. The Balaban J connectivity index is 1.39. The third kappa shape index (κ3) is 5.05. The lowest BCUT2D eigenvalue weighted by Crippen LogP contribution is -2.03. The smallest absolute Gasteiger partial charge is 0.0716 e. The maximum absolute atomic E-state index is 5.74. The summed E-state index contributed by atoms with van der Waals surface area (Å²) in [6.45, 7) is 3.09. The molecule has 2 aromatic rings. The summed E-state index contributed by atoms with van der Waals surface area (Å²) in [7, 11) is 0. The van der Waals surface area contributed by atoms with Gasteiger partial charge in [-0.1, -0.05) is 60.7 Å². The van der Waals surface area contributed by atoms with Crippen molar-refractivity contribution in [3.05, 3.63) is 77.4 Å². The van der Waals surface area contributed by atoms with E-state index >= 15 is 0 Å². The molecule has 1 aliphatic heterocycles. The molecule has 0 saturated carbocycles. The zero-order valence-electron chi connectivity index (χ0n) is 13.5. The summed E-state index contributed by atoms with van der Waals surface area (Å²) < 4.78 is 11.1. The van der Waals surface area contributed by atoms with Gasteiger partial charge in [0.25, 0.3) is 0 Å². The van der Waals surface area contributed by atoms with E-state index in [0.717, 1.165) is 39.1 Å². The van der Waals surface area contributed by atoms with Gasteiger partial charge in [0.15, 0.2) is 0 Å². The minimum absolute atomic E-state index is 0.704. The van der Waals surface area contributed by atoms with Crippen molar-refractivity contribution in [1.82, 2.24) is 0 Å². The third-order valence-electron chi connectivity index (χ3n) is 4.15. The number of rotatable bonds is 7. The summed E-state index contributed by atoms with van der Waals surface area (Å²) in [5, 5.41) is 0. The van der Waals surface area contributed by atoms with Crippen molar-refractivity contribution in [2.45, 2.75) is 25.9 Å². The Labute approximate surface area is 138 Å². The van der Waals surface area contributed by atoms with Crippen LogP contribution in [-0.2, 0) is 22.5 Å². The van der Waals surface area contributed by atoms with E-state index in [1.54, 1.807) is 0 Å². The first kappa shape index (κ1) is 16.0. The van der Waals surface area contributed by atoms with Crippen molar-refractivity contribution < 1.29 is 9.47 Å². The van der Waals surface area contributed by atoms with Gasteiger partial charge >= 0.3 is 0 Å². The first-order chi connectivity index (χ1) is 11.4. The lowest BCUT2D eigenvalue weighted by atomic mass is 9.99. The largest absolute Gasteiger partial charge is 0.377 e. The molecule has 0 amide bonds. The second-order valence-corrected chi connectivity index (χ2v) is 5.89. The molecule has 2 aromatic carbocycles. The summed E-state index contributed by atoms with van der Waals surface area (Å²) in [4.78, 5) is 0. The van der Waals surface area contributed by atoms with E-state index < -0.39 is 0 Å². The van der Waals surface area contributed by atoms with Crippen LogP contribution in [0.5, 0.6) is 0 Å². The molecule has 0 unspecified atom stereocenters. The monoisotopic (exact) mass is 308 g/mol. The van der Waals surface area contributed by atoms with E-state index in [1.165, 1.54) is 22.3 Å². The van der Waals surface area contributed by atoms with Crippen molar-refractivity contribution in [2.24, 2.45) is 0 Å². The molecule has 1 aliphatic rings. The van der Waals surface area contributed by atoms with Crippen molar-refractivity contribution in [1.29, 1.82) is 0 Å². The highest BCUT2D eigenvalue weighted by molar-refractivity contribution is 5.66. The Bertz CT molecular complexity index is 614. The van der Waals surface area contributed by atoms with Crippen molar-refractivity contribution in [2.75, 3.05) is 19.8 Å². The number of benzene rings is 2. The predicted octanol–water partition coefficient (Wildman–Crippen LogP) is 4.64. The number of ether oxygens (including phenoxy) is 2. The second-order valence-electron chi connectivity index (χ2n) is 5.89. The molecule has 120 valence electrons. The Morgan fingerprint density at radius 2 is 1.74 bits per heavy atom. The fourth-order valence-electron chi connectivity index (χ4n) is 2.82. The topological polar surface area (TPSA) is 18.5 Å². The SMILES string of the molecule is C1=C(c2ccc(CCCOCc3ccccc3)cc2)CCOC1. The van der Waals surface area contributed by atoms with E-state index in [4.69, 9.17) is 9.47 Å². The molecule has 1 heterocycles. The molecule has 0 spiro atoms. The van der Waals surface area contributed by atoms with Crippen molar-refractivity contribution in [3.63, 3.8) is 0 Å². The molecular formula is C21H24O2. The number of hydrogen-bond donors (Lipinski definition) is 0. The zero-order chi connectivity index (χ0) is 15.7. The third-order valence-corrected chi connectivity index (χ3v) is 4.15. The zero-order valence-corrected chi connectivity index (χ0v) is 13.5. The predicted molar refractivity (Wildman–Crippen MR) is 94.3 cm³/mol. The molecule has 0 bridgehead atoms. The van der Waals surface area contributed by atoms with Gasteiger partial charge in [0, 0.05) is 6.61 Å². The summed E-state index contributed by atoms with van der Waals surface area (Å²) in [5.74, 6) is 0. The normalized spacial score (nSPS) is 14.5. The molecule has 0 aliphatic carbocycles. The van der Waals surface area contributed by atoms with Crippen molar-refractivity contribution in [3.8, 4) is 0 Å². The highest BCUT2D eigenvalue weighted by Gasteiger charge is 2.06. The first-order valence-corrected chi connectivity index (χ1v) is 8.39. The Kier molecular flexibility index (Phi) is 6.01. The van der Waals surface area contributed by atoms with Crippen LogP contribution in [-0.4, -0.2) is 19.8 Å². The fraction of sp³-hybridized carbons (Fsp3) is 0.333. The maximum atomic E-state index is 5.74. The van der Waals surface area contributed by atoms with Crippen LogP contribution in [0, 0.1) is 0 Å². The van der Waals surface area contributed by atoms with Crippen molar-refractivity contribution >= 4 is 5.57 Å². The average molecular weight is 308 g/mol. The van der Waals surface area contributed by atoms with Crippen LogP contribution in [0.3, 0.4) is 0 Å². The molecule has 2 nitrogen and oxygen atoms in total. The quantitative estimate of drug-likeness (QED) is 0.694. The van der Waals surface area contributed by atoms with Crippen LogP contribution in [0.1, 0.15) is 29.5 Å². The standard InChI is InChI=1S/C21H24O2/c1-2-5-19(6-3-1)17-23-14-4-7-18-8-10-20(11-9-18)21-12-15-22-16-13-21/h1-3,5-6,8-12H,4,7,13-17H2. The van der Waals surface area contributed by atoms with Gasteiger partial charge < -0.3 is 9.47 Å². The lowest BCUT2D eigenvalue weighted by Gasteiger charge is -2.14. The first-order valence-electron chi connectivity index (χ1n) is 8.39. The lowest BCUT2D eigenvalue weighted by molar-refractivity contribution is 0.118. The maximum Gasteiger partial charge on any atom is 0.0716 e. The molecule has 0 radical (unpaired) electrons. The van der Waals surface area contributed by atoms with Gasteiger partial charge in [-0.25, -0.2) is 0 Å². The summed E-state index contributed by atoms with van der Waals surface area (Å²) in [6, 6.07) is 19.3. The molecule has 0 N–H and O–H groups in total. The molecule has 3 rings (SSSR count). The molecule has 0 fully saturated rings. The Morgan fingerprint density at radius 3 is 2.48 bits per heavy atom. The van der Waals surface area contributed by atoms with Crippen LogP contribution in [0.25, 0.3) is 5.57 Å². The Hall–Kier alpha value is -1.90. The fourth-order valence-corrected chi connectivity index (χ4v) is 2.82. The molecule has 0 atom stereocenters. The summed E-state index contributed by atoms with van der Waals surface area (Å²) >= 11 is 0. The number of hydrogen-bond acceptors (Lipinski definition) is 2. The van der Waals surface area contributed by atoms with Gasteiger partial charge in [-0.2, -0.15) is 0 Å². The van der Waals surface area contributed by atoms with Gasteiger partial charge in [-0.05, 0) is 41.5 Å². The highest BCUT2D eigenvalue weighted by Crippen LogP contribution is 2.21. The molecule has 0 saturated heterocycles. The molecule has 2 heteroatoms. The van der Waals surface area contributed by atoms with Gasteiger partial charge in [-0.15, -0.1) is 0 Å². The van der Waals surface area contributed by atoms with Crippen LogP contribution in [0.2, 0.25) is 0 Å². The van der Waals surface area contributed by atoms with E-state index in [1.807, 2.05) is 18.2 Å². The van der Waals surface area contributed by atoms with E-state index in [2.05, 4.69) is 42.5 Å². The second kappa shape index (κ2) is 8.66. The highest BCUT2D eigenvalue weighted by atomic mass is 16.5. The minimum Gasteiger partial charge on any atom is -0.377 e. The van der Waals surface area contributed by atoms with Gasteiger partial charge in [0.05, 0.1) is 19.8 Å². The van der Waals surface area contributed by atoms with Crippen LogP contribution < -0.4 is 0 Å². The summed E-state index contributed by atoms with van der Waals surface area (Å²) in [6.07, 6.45) is 5.34. The summed E-state index contributed by atoms with van der Waals surface area (Å²) in [5.41, 5.74) is 5.36. The van der Waals surface area contributed by atoms with Gasteiger partial charge in [0.1, 0.15) is 0 Å². The van der Waals surface area contributed by atoms with E-state index in [0.29, 0.717) is 6.61 Å². The molecule has 0 aromatic heterocycles. The van der Waals surface area contributed by atoms with E-state index in [-0.39, 0.29) is 0 Å².